The van der Waals surface area contributed by atoms with Crippen molar-refractivity contribution in [2.24, 2.45) is 4.99 Å². The van der Waals surface area contributed by atoms with Crippen molar-refractivity contribution in [3.63, 3.8) is 0 Å². The van der Waals surface area contributed by atoms with Crippen LogP contribution in [0.3, 0.4) is 0 Å². The molecule has 0 aliphatic carbocycles. The Morgan fingerprint density at radius 1 is 1.33 bits per heavy atom. The largest absolute Gasteiger partial charge is 0.385 e. The van der Waals surface area contributed by atoms with Crippen molar-refractivity contribution in [3.8, 4) is 0 Å². The van der Waals surface area contributed by atoms with Crippen molar-refractivity contribution < 1.29 is 4.74 Å². The quantitative estimate of drug-likeness (QED) is 0.233. The summed E-state index contributed by atoms with van der Waals surface area (Å²) in [5, 5.41) is 6.62. The van der Waals surface area contributed by atoms with Crippen molar-refractivity contribution in [2.75, 3.05) is 33.6 Å². The van der Waals surface area contributed by atoms with Gasteiger partial charge in [0.25, 0.3) is 0 Å². The monoisotopic (exact) mass is 423 g/mol. The van der Waals surface area contributed by atoms with Gasteiger partial charge in [-0.2, -0.15) is 0 Å². The van der Waals surface area contributed by atoms with Gasteiger partial charge < -0.3 is 15.4 Å². The number of methoxy groups -OCH3 is 1. The van der Waals surface area contributed by atoms with Gasteiger partial charge in [0, 0.05) is 38.7 Å². The molecule has 0 bridgehead atoms. The lowest BCUT2D eigenvalue weighted by Gasteiger charge is -2.14. The van der Waals surface area contributed by atoms with Gasteiger partial charge in [-0.25, -0.2) is 0 Å². The zero-order chi connectivity index (χ0) is 14.8. The SMILES string of the molecule is CN=C(NCCCOC)NCc1ccc(C)cc1SC.I. The lowest BCUT2D eigenvalue weighted by atomic mass is 10.1. The minimum absolute atomic E-state index is 0. The molecule has 0 spiro atoms. The van der Waals surface area contributed by atoms with Gasteiger partial charge in [-0.05, 0) is 36.8 Å². The Morgan fingerprint density at radius 2 is 2.10 bits per heavy atom. The van der Waals surface area contributed by atoms with E-state index in [9.17, 15) is 0 Å². The maximum absolute atomic E-state index is 5.03. The number of benzene rings is 1. The summed E-state index contributed by atoms with van der Waals surface area (Å²) in [5.74, 6) is 0.828. The van der Waals surface area contributed by atoms with Crippen LogP contribution in [0.15, 0.2) is 28.1 Å². The molecule has 0 fully saturated rings. The van der Waals surface area contributed by atoms with Crippen LogP contribution in [0.4, 0.5) is 0 Å². The van der Waals surface area contributed by atoms with E-state index in [-0.39, 0.29) is 24.0 Å². The van der Waals surface area contributed by atoms with Crippen LogP contribution in [0.2, 0.25) is 0 Å². The predicted molar refractivity (Wildman–Crippen MR) is 103 cm³/mol. The van der Waals surface area contributed by atoms with E-state index in [1.165, 1.54) is 16.0 Å². The third-order valence-corrected chi connectivity index (χ3v) is 3.75. The number of aliphatic imine (C=N–C) groups is 1. The molecule has 1 rings (SSSR count). The molecule has 4 nitrogen and oxygen atoms in total. The Balaban J connectivity index is 0.00000400. The van der Waals surface area contributed by atoms with Crippen LogP contribution in [-0.2, 0) is 11.3 Å². The molecule has 6 heteroatoms. The number of ether oxygens (including phenoxy) is 1. The molecule has 21 heavy (non-hydrogen) atoms. The minimum atomic E-state index is 0. The van der Waals surface area contributed by atoms with E-state index >= 15 is 0 Å². The van der Waals surface area contributed by atoms with Gasteiger partial charge in [0.15, 0.2) is 5.96 Å². The fourth-order valence-corrected chi connectivity index (χ4v) is 2.53. The van der Waals surface area contributed by atoms with Gasteiger partial charge in [-0.15, -0.1) is 35.7 Å². The standard InChI is InChI=1S/C15H25N3OS.HI/c1-12-6-7-13(14(10-12)20-4)11-18-15(16-2)17-8-5-9-19-3;/h6-7,10H,5,8-9,11H2,1-4H3,(H2,16,17,18);1H. The van der Waals surface area contributed by atoms with Gasteiger partial charge in [0.2, 0.25) is 0 Å². The van der Waals surface area contributed by atoms with Crippen molar-refractivity contribution in [2.45, 2.75) is 24.8 Å². The lowest BCUT2D eigenvalue weighted by Crippen LogP contribution is -2.37. The molecule has 2 N–H and O–H groups in total. The van der Waals surface area contributed by atoms with E-state index in [0.717, 1.165) is 32.1 Å². The normalized spacial score (nSPS) is 11.0. The molecule has 0 atom stereocenters. The molecule has 0 radical (unpaired) electrons. The molecule has 0 amide bonds. The number of hydrogen-bond donors (Lipinski definition) is 2. The van der Waals surface area contributed by atoms with Gasteiger partial charge in [0.05, 0.1) is 0 Å². The molecule has 0 saturated carbocycles. The van der Waals surface area contributed by atoms with Crippen molar-refractivity contribution in [3.05, 3.63) is 29.3 Å². The summed E-state index contributed by atoms with van der Waals surface area (Å²) in [6, 6.07) is 6.54. The Labute approximate surface area is 149 Å². The van der Waals surface area contributed by atoms with E-state index in [0.29, 0.717) is 0 Å². The number of thioether (sulfide) groups is 1. The summed E-state index contributed by atoms with van der Waals surface area (Å²) in [6.45, 7) is 4.52. The number of rotatable bonds is 7. The zero-order valence-corrected chi connectivity index (χ0v) is 16.4. The van der Waals surface area contributed by atoms with Crippen LogP contribution in [0.25, 0.3) is 0 Å². The van der Waals surface area contributed by atoms with Crippen LogP contribution in [0, 0.1) is 6.92 Å². The van der Waals surface area contributed by atoms with Crippen molar-refractivity contribution in [1.29, 1.82) is 0 Å². The molecular formula is C15H26IN3OS. The fraction of sp³-hybridized carbons (Fsp3) is 0.533. The molecule has 0 heterocycles. The summed E-state index contributed by atoms with van der Waals surface area (Å²) in [4.78, 5) is 5.53. The highest BCUT2D eigenvalue weighted by molar-refractivity contribution is 14.0. The van der Waals surface area contributed by atoms with Crippen molar-refractivity contribution in [1.82, 2.24) is 10.6 Å². The van der Waals surface area contributed by atoms with Gasteiger partial charge in [-0.1, -0.05) is 12.1 Å². The lowest BCUT2D eigenvalue weighted by molar-refractivity contribution is 0.195. The zero-order valence-electron chi connectivity index (χ0n) is 13.2. The molecule has 0 saturated heterocycles. The highest BCUT2D eigenvalue weighted by atomic mass is 127. The third-order valence-electron chi connectivity index (χ3n) is 2.93. The van der Waals surface area contributed by atoms with Crippen LogP contribution in [0.1, 0.15) is 17.5 Å². The summed E-state index contributed by atoms with van der Waals surface area (Å²) in [7, 11) is 3.50. The number of hydrogen-bond acceptors (Lipinski definition) is 3. The molecule has 0 aromatic heterocycles. The maximum Gasteiger partial charge on any atom is 0.191 e. The Bertz CT molecular complexity index is 441. The topological polar surface area (TPSA) is 45.7 Å². The maximum atomic E-state index is 5.03. The predicted octanol–water partition coefficient (Wildman–Crippen LogP) is 3.04. The molecular weight excluding hydrogens is 397 g/mol. The van der Waals surface area contributed by atoms with Gasteiger partial charge in [-0.3, -0.25) is 4.99 Å². The number of halogens is 1. The summed E-state index contributed by atoms with van der Waals surface area (Å²) >= 11 is 1.78. The van der Waals surface area contributed by atoms with Gasteiger partial charge >= 0.3 is 0 Å². The number of aryl methyl sites for hydroxylation is 1. The first-order chi connectivity index (χ1) is 9.71. The Kier molecular flexibility index (Phi) is 11.8. The van der Waals surface area contributed by atoms with Crippen LogP contribution in [0.5, 0.6) is 0 Å². The van der Waals surface area contributed by atoms with Crippen LogP contribution in [-0.4, -0.2) is 39.5 Å². The first-order valence-electron chi connectivity index (χ1n) is 6.78. The Hall–Kier alpha value is -0.470. The number of guanidine groups is 1. The second kappa shape index (κ2) is 12.1. The summed E-state index contributed by atoms with van der Waals surface area (Å²) in [6.07, 6.45) is 3.08. The second-order valence-corrected chi connectivity index (χ2v) is 5.36. The smallest absolute Gasteiger partial charge is 0.191 e. The second-order valence-electron chi connectivity index (χ2n) is 4.51. The number of nitrogens with one attached hydrogen (secondary N) is 2. The highest BCUT2D eigenvalue weighted by Gasteiger charge is 2.03. The highest BCUT2D eigenvalue weighted by Crippen LogP contribution is 2.21. The molecule has 0 aliphatic rings. The van der Waals surface area contributed by atoms with Crippen LogP contribution >= 0.6 is 35.7 Å². The third kappa shape index (κ3) is 7.92. The minimum Gasteiger partial charge on any atom is -0.385 e. The first kappa shape index (κ1) is 20.5. The average molecular weight is 423 g/mol. The van der Waals surface area contributed by atoms with E-state index < -0.39 is 0 Å². The Morgan fingerprint density at radius 3 is 2.71 bits per heavy atom. The van der Waals surface area contributed by atoms with Crippen LogP contribution < -0.4 is 10.6 Å². The first-order valence-corrected chi connectivity index (χ1v) is 8.00. The molecule has 1 aromatic carbocycles. The van der Waals surface area contributed by atoms with Crippen molar-refractivity contribution >= 4 is 41.7 Å². The van der Waals surface area contributed by atoms with E-state index in [1.54, 1.807) is 25.9 Å². The summed E-state index contributed by atoms with van der Waals surface area (Å²) < 4.78 is 5.03. The van der Waals surface area contributed by atoms with E-state index in [1.807, 2.05) is 0 Å². The van der Waals surface area contributed by atoms with E-state index in [4.69, 9.17) is 4.74 Å². The molecule has 120 valence electrons. The molecule has 1 aromatic rings. The number of nitrogens with zero attached hydrogens (tertiary/aromatic N) is 1. The summed E-state index contributed by atoms with van der Waals surface area (Å²) in [5.41, 5.74) is 2.59. The molecule has 0 unspecified atom stereocenters. The molecule has 0 aliphatic heterocycles. The van der Waals surface area contributed by atoms with E-state index in [2.05, 4.69) is 47.0 Å². The van der Waals surface area contributed by atoms with Gasteiger partial charge in [0.1, 0.15) is 0 Å². The average Bonchev–Trinajstić information content (AvgIpc) is 2.47. The fourth-order valence-electron chi connectivity index (χ4n) is 1.82.